The van der Waals surface area contributed by atoms with Crippen LogP contribution in [0.1, 0.15) is 19.5 Å². The van der Waals surface area contributed by atoms with Crippen LogP contribution in [0.3, 0.4) is 0 Å². The van der Waals surface area contributed by atoms with Gasteiger partial charge in [-0.2, -0.15) is 4.98 Å². The van der Waals surface area contributed by atoms with E-state index in [-0.39, 0.29) is 23.1 Å². The third-order valence-electron chi connectivity index (χ3n) is 2.24. The number of aromatic nitrogens is 2. The minimum absolute atomic E-state index is 0.0544. The zero-order chi connectivity index (χ0) is 13.2. The molecule has 0 aliphatic heterocycles. The molecule has 1 rings (SSSR count). The lowest BCUT2D eigenvalue weighted by Gasteiger charge is -2.20. The summed E-state index contributed by atoms with van der Waals surface area (Å²) in [5, 5.41) is 11.0. The lowest BCUT2D eigenvalue weighted by Crippen LogP contribution is -2.25. The number of nitro groups is 1. The summed E-state index contributed by atoms with van der Waals surface area (Å²) in [4.78, 5) is 20.0. The van der Waals surface area contributed by atoms with E-state index in [1.807, 2.05) is 13.8 Å². The van der Waals surface area contributed by atoms with E-state index < -0.39 is 4.92 Å². The normalized spacial score (nSPS) is 10.6. The fraction of sp³-hybridized carbons (Fsp3) is 0.600. The summed E-state index contributed by atoms with van der Waals surface area (Å²) in [7, 11) is 1.76. The van der Waals surface area contributed by atoms with Crippen LogP contribution in [0, 0.1) is 23.0 Å². The molecule has 2 N–H and O–H groups in total. The van der Waals surface area contributed by atoms with Gasteiger partial charge in [0.1, 0.15) is 5.69 Å². The second-order valence-electron chi connectivity index (χ2n) is 4.37. The predicted octanol–water partition coefficient (Wildman–Crippen LogP) is 1.37. The van der Waals surface area contributed by atoms with Gasteiger partial charge in [0.25, 0.3) is 0 Å². The zero-order valence-corrected chi connectivity index (χ0v) is 10.5. The Morgan fingerprint density at radius 3 is 2.53 bits per heavy atom. The molecule has 0 bridgehead atoms. The van der Waals surface area contributed by atoms with E-state index in [1.165, 1.54) is 0 Å². The molecular weight excluding hydrogens is 222 g/mol. The van der Waals surface area contributed by atoms with Crippen molar-refractivity contribution < 1.29 is 4.92 Å². The first-order valence-electron chi connectivity index (χ1n) is 5.32. The van der Waals surface area contributed by atoms with Gasteiger partial charge in [0.2, 0.25) is 11.8 Å². The molecule has 0 aliphatic rings. The van der Waals surface area contributed by atoms with Gasteiger partial charge < -0.3 is 10.6 Å². The smallest absolute Gasteiger partial charge is 0.332 e. The highest BCUT2D eigenvalue weighted by Crippen LogP contribution is 2.28. The van der Waals surface area contributed by atoms with Gasteiger partial charge in [0.05, 0.1) is 4.92 Å². The van der Waals surface area contributed by atoms with E-state index in [4.69, 9.17) is 5.73 Å². The van der Waals surface area contributed by atoms with Crippen molar-refractivity contribution in [3.8, 4) is 0 Å². The first-order valence-corrected chi connectivity index (χ1v) is 5.32. The van der Waals surface area contributed by atoms with E-state index in [0.717, 1.165) is 0 Å². The molecule has 94 valence electrons. The highest BCUT2D eigenvalue weighted by molar-refractivity contribution is 5.61. The Morgan fingerprint density at radius 1 is 1.47 bits per heavy atom. The highest BCUT2D eigenvalue weighted by Gasteiger charge is 2.24. The fourth-order valence-corrected chi connectivity index (χ4v) is 1.69. The van der Waals surface area contributed by atoms with Crippen LogP contribution >= 0.6 is 0 Å². The van der Waals surface area contributed by atoms with Gasteiger partial charge >= 0.3 is 5.69 Å². The molecule has 1 aromatic rings. The molecule has 0 atom stereocenters. The number of hydrogen-bond acceptors (Lipinski definition) is 6. The van der Waals surface area contributed by atoms with Gasteiger partial charge in [0, 0.05) is 13.6 Å². The summed E-state index contributed by atoms with van der Waals surface area (Å²) in [5.41, 5.74) is 5.73. The van der Waals surface area contributed by atoms with Gasteiger partial charge in [-0.3, -0.25) is 10.1 Å². The van der Waals surface area contributed by atoms with Crippen molar-refractivity contribution in [1.29, 1.82) is 0 Å². The van der Waals surface area contributed by atoms with Crippen LogP contribution in [0.4, 0.5) is 17.5 Å². The topological polar surface area (TPSA) is 98.2 Å². The molecule has 0 aliphatic carbocycles. The van der Waals surface area contributed by atoms with Crippen molar-refractivity contribution in [1.82, 2.24) is 9.97 Å². The van der Waals surface area contributed by atoms with Crippen molar-refractivity contribution in [2.75, 3.05) is 24.2 Å². The van der Waals surface area contributed by atoms with E-state index in [1.54, 1.807) is 18.9 Å². The first kappa shape index (κ1) is 13.1. The van der Waals surface area contributed by atoms with Crippen molar-refractivity contribution in [2.45, 2.75) is 20.8 Å². The van der Waals surface area contributed by atoms with Crippen molar-refractivity contribution in [2.24, 2.45) is 5.92 Å². The molecule has 7 heteroatoms. The maximum Gasteiger partial charge on any atom is 0.332 e. The minimum Gasteiger partial charge on any atom is -0.368 e. The van der Waals surface area contributed by atoms with E-state index in [9.17, 15) is 10.1 Å². The minimum atomic E-state index is -0.471. The Balaban J connectivity index is 3.25. The Morgan fingerprint density at radius 2 is 2.06 bits per heavy atom. The molecule has 1 aromatic heterocycles. The monoisotopic (exact) mass is 239 g/mol. The van der Waals surface area contributed by atoms with Gasteiger partial charge in [0.15, 0.2) is 0 Å². The van der Waals surface area contributed by atoms with Crippen molar-refractivity contribution >= 4 is 17.5 Å². The molecule has 0 aromatic carbocycles. The number of nitrogens with two attached hydrogens (primary N) is 1. The molecule has 7 nitrogen and oxygen atoms in total. The number of nitrogen functional groups attached to an aromatic ring is 1. The molecule has 0 saturated heterocycles. The van der Waals surface area contributed by atoms with Crippen LogP contribution in [-0.4, -0.2) is 28.5 Å². The molecule has 0 radical (unpaired) electrons. The fourth-order valence-electron chi connectivity index (χ4n) is 1.69. The Labute approximate surface area is 99.8 Å². The summed E-state index contributed by atoms with van der Waals surface area (Å²) in [5.74, 6) is 0.698. The number of aryl methyl sites for hydroxylation is 1. The summed E-state index contributed by atoms with van der Waals surface area (Å²) >= 11 is 0. The Bertz CT molecular complexity index is 433. The molecule has 17 heavy (non-hydrogen) atoms. The van der Waals surface area contributed by atoms with Crippen LogP contribution in [-0.2, 0) is 0 Å². The van der Waals surface area contributed by atoms with Gasteiger partial charge in [-0.25, -0.2) is 4.98 Å². The summed E-state index contributed by atoms with van der Waals surface area (Å²) < 4.78 is 0. The molecule has 1 heterocycles. The highest BCUT2D eigenvalue weighted by atomic mass is 16.6. The quantitative estimate of drug-likeness (QED) is 0.629. The molecule has 0 fully saturated rings. The maximum atomic E-state index is 11.0. The average molecular weight is 239 g/mol. The molecule has 0 saturated carbocycles. The lowest BCUT2D eigenvalue weighted by molar-refractivity contribution is -0.385. The molecule has 0 spiro atoms. The van der Waals surface area contributed by atoms with Gasteiger partial charge in [-0.15, -0.1) is 0 Å². The molecule has 0 unspecified atom stereocenters. The lowest BCUT2D eigenvalue weighted by atomic mass is 10.2. The van der Waals surface area contributed by atoms with E-state index in [0.29, 0.717) is 12.5 Å². The summed E-state index contributed by atoms with van der Waals surface area (Å²) in [6.45, 7) is 6.28. The summed E-state index contributed by atoms with van der Waals surface area (Å²) in [6, 6.07) is 0. The third-order valence-corrected chi connectivity index (χ3v) is 2.24. The standard InChI is InChI=1S/C10H17N5O2/c1-6(2)5-14(4)9-8(15(16)17)7(3)12-10(11)13-9/h6H,5H2,1-4H3,(H2,11,12,13). The second kappa shape index (κ2) is 4.94. The average Bonchev–Trinajstić information content (AvgIpc) is 2.14. The number of anilines is 2. The first-order chi connectivity index (χ1) is 7.82. The molecule has 0 amide bonds. The third kappa shape index (κ3) is 3.02. The van der Waals surface area contributed by atoms with Crippen molar-refractivity contribution in [3.05, 3.63) is 15.8 Å². The Kier molecular flexibility index (Phi) is 3.82. The number of rotatable bonds is 4. The largest absolute Gasteiger partial charge is 0.368 e. The number of hydrogen-bond donors (Lipinski definition) is 1. The second-order valence-corrected chi connectivity index (χ2v) is 4.37. The van der Waals surface area contributed by atoms with Crippen LogP contribution in [0.5, 0.6) is 0 Å². The van der Waals surface area contributed by atoms with Gasteiger partial charge in [-0.1, -0.05) is 13.8 Å². The van der Waals surface area contributed by atoms with Crippen LogP contribution < -0.4 is 10.6 Å². The van der Waals surface area contributed by atoms with Crippen LogP contribution in [0.25, 0.3) is 0 Å². The number of nitrogens with zero attached hydrogens (tertiary/aromatic N) is 4. The predicted molar refractivity (Wildman–Crippen MR) is 65.9 cm³/mol. The van der Waals surface area contributed by atoms with Crippen LogP contribution in [0.2, 0.25) is 0 Å². The van der Waals surface area contributed by atoms with E-state index in [2.05, 4.69) is 9.97 Å². The summed E-state index contributed by atoms with van der Waals surface area (Å²) in [6.07, 6.45) is 0. The molecular formula is C10H17N5O2. The van der Waals surface area contributed by atoms with E-state index >= 15 is 0 Å². The Hall–Kier alpha value is -1.92. The maximum absolute atomic E-state index is 11.0. The van der Waals surface area contributed by atoms with Crippen LogP contribution in [0.15, 0.2) is 0 Å². The SMILES string of the molecule is Cc1nc(N)nc(N(C)CC(C)C)c1[N+](=O)[O-]. The zero-order valence-electron chi connectivity index (χ0n) is 10.5. The van der Waals surface area contributed by atoms with Crippen molar-refractivity contribution in [3.63, 3.8) is 0 Å². The van der Waals surface area contributed by atoms with Gasteiger partial charge in [-0.05, 0) is 12.8 Å².